The van der Waals surface area contributed by atoms with Crippen molar-refractivity contribution >= 4 is 5.78 Å². The molecule has 0 aliphatic carbocycles. The van der Waals surface area contributed by atoms with Crippen LogP contribution in [-0.4, -0.2) is 30.2 Å². The first-order valence-corrected chi connectivity index (χ1v) is 6.93. The van der Waals surface area contributed by atoms with Crippen LogP contribution in [0.4, 0.5) is 0 Å². The summed E-state index contributed by atoms with van der Waals surface area (Å²) in [6.07, 6.45) is -1.05. The van der Waals surface area contributed by atoms with E-state index in [1.807, 2.05) is 34.6 Å². The first-order valence-electron chi connectivity index (χ1n) is 6.93. The van der Waals surface area contributed by atoms with E-state index in [2.05, 4.69) is 0 Å². The Morgan fingerprint density at radius 3 is 2.20 bits per heavy atom. The molecule has 0 amide bonds. The van der Waals surface area contributed by atoms with Crippen LogP contribution in [0.3, 0.4) is 0 Å². The van der Waals surface area contributed by atoms with Crippen molar-refractivity contribution in [2.45, 2.75) is 40.7 Å². The lowest BCUT2D eigenvalue weighted by Gasteiger charge is -2.24. The van der Waals surface area contributed by atoms with Crippen LogP contribution in [0.5, 0.6) is 11.5 Å². The van der Waals surface area contributed by atoms with Crippen molar-refractivity contribution in [2.75, 3.05) is 13.2 Å². The molecule has 0 heterocycles. The minimum atomic E-state index is -1.05. The number of carbonyl (C=O) groups excluding carboxylic acids is 1. The van der Waals surface area contributed by atoms with Crippen LogP contribution < -0.4 is 9.47 Å². The molecule has 1 aromatic rings. The molecule has 1 aromatic carbocycles. The third-order valence-electron chi connectivity index (χ3n) is 2.90. The molecular formula is C16H24O4. The van der Waals surface area contributed by atoms with E-state index in [4.69, 9.17) is 9.47 Å². The summed E-state index contributed by atoms with van der Waals surface area (Å²) in [4.78, 5) is 12.3. The lowest BCUT2D eigenvalue weighted by molar-refractivity contribution is 0.0442. The Kier molecular flexibility index (Phi) is 5.57. The minimum Gasteiger partial charge on any atom is -0.490 e. The van der Waals surface area contributed by atoms with Gasteiger partial charge in [-0.25, -0.2) is 0 Å². The number of carbonyl (C=O) groups is 1. The van der Waals surface area contributed by atoms with Gasteiger partial charge in [0.05, 0.1) is 13.2 Å². The van der Waals surface area contributed by atoms with Gasteiger partial charge in [-0.1, -0.05) is 20.8 Å². The topological polar surface area (TPSA) is 55.8 Å². The SMILES string of the molecule is CCOc1ccc(C(=O)C(O)C(C)(C)C)cc1OCC. The van der Waals surface area contributed by atoms with Crippen molar-refractivity contribution in [3.8, 4) is 11.5 Å². The summed E-state index contributed by atoms with van der Waals surface area (Å²) in [7, 11) is 0. The second-order valence-corrected chi connectivity index (χ2v) is 5.66. The lowest BCUT2D eigenvalue weighted by atomic mass is 9.84. The Hall–Kier alpha value is -1.55. The largest absolute Gasteiger partial charge is 0.490 e. The summed E-state index contributed by atoms with van der Waals surface area (Å²) in [5.41, 5.74) is -0.0686. The van der Waals surface area contributed by atoms with Crippen molar-refractivity contribution in [1.29, 1.82) is 0 Å². The molecule has 0 radical (unpaired) electrons. The van der Waals surface area contributed by atoms with Crippen LogP contribution in [0.15, 0.2) is 18.2 Å². The molecule has 112 valence electrons. The number of rotatable bonds is 6. The highest BCUT2D eigenvalue weighted by molar-refractivity contribution is 6.00. The zero-order valence-corrected chi connectivity index (χ0v) is 12.9. The van der Waals surface area contributed by atoms with Gasteiger partial charge in [0.25, 0.3) is 0 Å². The molecule has 0 saturated heterocycles. The van der Waals surface area contributed by atoms with E-state index >= 15 is 0 Å². The van der Waals surface area contributed by atoms with E-state index in [0.717, 1.165) is 0 Å². The molecule has 0 fully saturated rings. The van der Waals surface area contributed by atoms with E-state index in [1.54, 1.807) is 18.2 Å². The molecule has 20 heavy (non-hydrogen) atoms. The Morgan fingerprint density at radius 2 is 1.70 bits per heavy atom. The molecular weight excluding hydrogens is 256 g/mol. The molecule has 0 saturated carbocycles. The fourth-order valence-electron chi connectivity index (χ4n) is 1.76. The monoisotopic (exact) mass is 280 g/mol. The maximum atomic E-state index is 12.3. The normalized spacial score (nSPS) is 12.9. The minimum absolute atomic E-state index is 0.304. The van der Waals surface area contributed by atoms with Gasteiger partial charge < -0.3 is 14.6 Å². The molecule has 0 aromatic heterocycles. The number of benzene rings is 1. The number of ether oxygens (including phenoxy) is 2. The number of ketones is 1. The van der Waals surface area contributed by atoms with Crippen LogP contribution in [0.25, 0.3) is 0 Å². The quantitative estimate of drug-likeness (QED) is 0.814. The Bertz CT molecular complexity index is 460. The molecule has 4 nitrogen and oxygen atoms in total. The Morgan fingerprint density at radius 1 is 1.15 bits per heavy atom. The lowest BCUT2D eigenvalue weighted by Crippen LogP contribution is -2.34. The third kappa shape index (κ3) is 3.97. The predicted octanol–water partition coefficient (Wildman–Crippen LogP) is 3.07. The fourth-order valence-corrected chi connectivity index (χ4v) is 1.76. The molecule has 1 rings (SSSR count). The smallest absolute Gasteiger partial charge is 0.191 e. The molecule has 0 bridgehead atoms. The second-order valence-electron chi connectivity index (χ2n) is 5.66. The highest BCUT2D eigenvalue weighted by atomic mass is 16.5. The highest BCUT2D eigenvalue weighted by Gasteiger charge is 2.30. The fraction of sp³-hybridized carbons (Fsp3) is 0.562. The van der Waals surface area contributed by atoms with Crippen LogP contribution >= 0.6 is 0 Å². The number of Topliss-reactive ketones (excluding diaryl/α,β-unsaturated/α-hetero) is 1. The summed E-state index contributed by atoms with van der Waals surface area (Å²) < 4.78 is 10.9. The molecule has 1 atom stereocenters. The van der Waals surface area contributed by atoms with E-state index in [1.165, 1.54) is 0 Å². The van der Waals surface area contributed by atoms with Crippen molar-refractivity contribution in [1.82, 2.24) is 0 Å². The van der Waals surface area contributed by atoms with Gasteiger partial charge in [0, 0.05) is 5.56 Å². The van der Waals surface area contributed by atoms with Crippen molar-refractivity contribution in [2.24, 2.45) is 5.41 Å². The third-order valence-corrected chi connectivity index (χ3v) is 2.90. The van der Waals surface area contributed by atoms with Crippen LogP contribution in [0, 0.1) is 5.41 Å². The molecule has 4 heteroatoms. The summed E-state index contributed by atoms with van der Waals surface area (Å²) in [6.45, 7) is 10.2. The highest BCUT2D eigenvalue weighted by Crippen LogP contribution is 2.30. The van der Waals surface area contributed by atoms with Crippen molar-refractivity contribution < 1.29 is 19.4 Å². The number of aliphatic hydroxyl groups is 1. The molecule has 0 spiro atoms. The number of hydrogen-bond donors (Lipinski definition) is 1. The Balaban J connectivity index is 3.08. The molecule has 1 N–H and O–H groups in total. The average Bonchev–Trinajstić information content (AvgIpc) is 2.38. The van der Waals surface area contributed by atoms with Crippen LogP contribution in [0.1, 0.15) is 45.0 Å². The standard InChI is InChI=1S/C16H24O4/c1-6-19-12-9-8-11(10-13(12)20-7-2)14(17)15(18)16(3,4)5/h8-10,15,18H,6-7H2,1-5H3. The van der Waals surface area contributed by atoms with Gasteiger partial charge in [-0.15, -0.1) is 0 Å². The summed E-state index contributed by atoms with van der Waals surface area (Å²) in [6, 6.07) is 4.99. The number of hydrogen-bond acceptors (Lipinski definition) is 4. The van der Waals surface area contributed by atoms with Crippen molar-refractivity contribution in [3.63, 3.8) is 0 Å². The van der Waals surface area contributed by atoms with Gasteiger partial charge in [0.15, 0.2) is 17.3 Å². The summed E-state index contributed by atoms with van der Waals surface area (Å²) in [5.74, 6) is 0.832. The van der Waals surface area contributed by atoms with E-state index in [-0.39, 0.29) is 5.78 Å². The molecule has 0 aliphatic heterocycles. The maximum absolute atomic E-state index is 12.3. The van der Waals surface area contributed by atoms with Crippen LogP contribution in [0.2, 0.25) is 0 Å². The summed E-state index contributed by atoms with van der Waals surface area (Å²) in [5, 5.41) is 10.1. The zero-order chi connectivity index (χ0) is 15.3. The van der Waals surface area contributed by atoms with Crippen molar-refractivity contribution in [3.05, 3.63) is 23.8 Å². The average molecular weight is 280 g/mol. The van der Waals surface area contributed by atoms with E-state index in [0.29, 0.717) is 30.3 Å². The predicted molar refractivity (Wildman–Crippen MR) is 78.6 cm³/mol. The number of aliphatic hydroxyl groups excluding tert-OH is 1. The first-order chi connectivity index (χ1) is 9.31. The Labute approximate surface area is 120 Å². The first kappa shape index (κ1) is 16.5. The van der Waals surface area contributed by atoms with E-state index in [9.17, 15) is 9.90 Å². The van der Waals surface area contributed by atoms with Gasteiger partial charge in [-0.2, -0.15) is 0 Å². The van der Waals surface area contributed by atoms with Gasteiger partial charge in [-0.05, 0) is 37.5 Å². The van der Waals surface area contributed by atoms with Gasteiger partial charge in [0.1, 0.15) is 6.10 Å². The summed E-state index contributed by atoms with van der Waals surface area (Å²) >= 11 is 0. The van der Waals surface area contributed by atoms with Gasteiger partial charge >= 0.3 is 0 Å². The molecule has 0 aliphatic rings. The van der Waals surface area contributed by atoms with Gasteiger partial charge in [-0.3, -0.25) is 4.79 Å². The second kappa shape index (κ2) is 6.75. The maximum Gasteiger partial charge on any atom is 0.191 e. The zero-order valence-electron chi connectivity index (χ0n) is 12.9. The van der Waals surface area contributed by atoms with Gasteiger partial charge in [0.2, 0.25) is 0 Å². The molecule has 1 unspecified atom stereocenters. The van der Waals surface area contributed by atoms with Crippen LogP contribution in [-0.2, 0) is 0 Å². The van der Waals surface area contributed by atoms with E-state index < -0.39 is 11.5 Å².